The van der Waals surface area contributed by atoms with Crippen molar-refractivity contribution in [1.29, 1.82) is 0 Å². The monoisotopic (exact) mass is 1190 g/mol. The van der Waals surface area contributed by atoms with Gasteiger partial charge >= 0.3 is 11.9 Å². The summed E-state index contributed by atoms with van der Waals surface area (Å²) in [7, 11) is 1.20. The lowest BCUT2D eigenvalue weighted by Crippen LogP contribution is -2.60. The van der Waals surface area contributed by atoms with Crippen LogP contribution in [-0.2, 0) is 44.4 Å². The van der Waals surface area contributed by atoms with E-state index in [0.717, 1.165) is 29.7 Å². The molecule has 9 N–H and O–H groups in total. The summed E-state index contributed by atoms with van der Waals surface area (Å²) in [5, 5.41) is 89.5. The number of esters is 2. The van der Waals surface area contributed by atoms with E-state index in [1.54, 1.807) is 33.8 Å². The first-order chi connectivity index (χ1) is 39.9. The van der Waals surface area contributed by atoms with Crippen LogP contribution >= 0.6 is 0 Å². The predicted octanol–water partition coefficient (Wildman–Crippen LogP) is 6.42. The number of carbonyl (C=O) groups is 3. The van der Waals surface area contributed by atoms with E-state index in [0.29, 0.717) is 40.2 Å². The minimum atomic E-state index is -1.64. The number of carbonyl (C=O) groups excluding carboxylic acids is 3. The smallest absolute Gasteiger partial charge is 0.337 e. The van der Waals surface area contributed by atoms with Crippen LogP contribution < -0.4 is 14.9 Å². The Hall–Kier alpha value is -6.70. The van der Waals surface area contributed by atoms with Crippen LogP contribution in [0.3, 0.4) is 0 Å². The second-order valence-corrected chi connectivity index (χ2v) is 21.1. The Balaban J connectivity index is 0.000000255. The largest absolute Gasteiger partial charge is 0.508 e. The number of ketones is 1. The maximum atomic E-state index is 12.2. The van der Waals surface area contributed by atoms with Gasteiger partial charge in [0.15, 0.2) is 29.0 Å². The van der Waals surface area contributed by atoms with E-state index >= 15 is 0 Å². The molecule has 0 bridgehead atoms. The Morgan fingerprint density at radius 1 is 0.788 bits per heavy atom. The zero-order valence-electron chi connectivity index (χ0n) is 49.3. The second kappa shape index (κ2) is 32.7. The molecule has 4 aliphatic rings. The van der Waals surface area contributed by atoms with Crippen LogP contribution in [0.15, 0.2) is 99.3 Å². The maximum Gasteiger partial charge on any atom is 0.337 e. The molecule has 4 aliphatic heterocycles. The van der Waals surface area contributed by atoms with E-state index in [1.165, 1.54) is 43.6 Å². The molecule has 3 aromatic carbocycles. The quantitative estimate of drug-likeness (QED) is 0.0352. The van der Waals surface area contributed by atoms with Crippen molar-refractivity contribution < 1.29 is 103 Å². The van der Waals surface area contributed by atoms with Crippen LogP contribution in [0.4, 0.5) is 0 Å². The van der Waals surface area contributed by atoms with Crippen LogP contribution in [0, 0.1) is 44.4 Å². The third kappa shape index (κ3) is 17.5. The molecule has 12 unspecified atom stereocenters. The lowest BCUT2D eigenvalue weighted by molar-refractivity contribution is -0.327. The Bertz CT molecular complexity index is 3010. The number of aromatic hydroxyl groups is 2. The molecule has 0 saturated carbocycles. The van der Waals surface area contributed by atoms with Gasteiger partial charge in [-0.3, -0.25) is 14.4 Å². The molecule has 22 heteroatoms. The number of Topliss-reactive ketones (excluding diaryl/α,β-unsaturated/α-hetero) is 1. The van der Waals surface area contributed by atoms with Gasteiger partial charge in [-0.2, -0.15) is 0 Å². The molecule has 470 valence electrons. The summed E-state index contributed by atoms with van der Waals surface area (Å²) in [5.74, 6) is -1.44. The zero-order valence-corrected chi connectivity index (χ0v) is 49.3. The van der Waals surface area contributed by atoms with Gasteiger partial charge in [0.05, 0.1) is 74.6 Å². The standard InChI is InChI=1S/C20H30O11.C17H20O8.C14H22O.C11H10O2.CH4/c1-4-6-28-14(22)7-11-10(5-2)19(29-9-12(11)18(26)27-3)31-20-17(25)16(24)15(23)13(8-21)30-20;1-3-9-13(20)8-4-5-10(14(21)16(8)23-9)24-17-15(22)12(19)7(2)11(6-18)25-17;1-5-10(2)12(4)8-13-7-6-11(3)14(15)9-13;1-7-3-4-9-10(5-7)13-6-8(2)11(9)12;/h5,9,11,13,15-17,19-21,23-25H,4,6-8H2,1-3H3;3-5,7,11-12,15,17-19,21-22H,6H2,1-2H3;6-7,9-10,12,15H,5,8H2,1-4H3;3-6H,1-2H3;1H4/b10-5+;9-3-;;;/t11-,13?,15?,16?,17?,19-,20?;;;;/m0..../s1. The summed E-state index contributed by atoms with van der Waals surface area (Å²) < 4.78 is 48.0. The Morgan fingerprint density at radius 3 is 2.07 bits per heavy atom. The number of hydrogen-bond donors (Lipinski definition) is 9. The fraction of sp³-hybridized carbons (Fsp3) is 0.524. The predicted molar refractivity (Wildman–Crippen MR) is 311 cm³/mol. The highest BCUT2D eigenvalue weighted by molar-refractivity contribution is 6.13. The summed E-state index contributed by atoms with van der Waals surface area (Å²) in [6.07, 6.45) is -4.79. The van der Waals surface area contributed by atoms with Gasteiger partial charge in [-0.25, -0.2) is 4.79 Å². The average molecular weight is 1200 g/mol. The number of allylic oxidation sites excluding steroid dienone is 3. The highest BCUT2D eigenvalue weighted by atomic mass is 16.8. The van der Waals surface area contributed by atoms with E-state index in [-0.39, 0.29) is 66.7 Å². The van der Waals surface area contributed by atoms with Gasteiger partial charge in [0.1, 0.15) is 41.9 Å². The maximum absolute atomic E-state index is 12.2. The average Bonchev–Trinajstić information content (AvgIpc) is 4.11. The van der Waals surface area contributed by atoms with Gasteiger partial charge in [-0.05, 0) is 112 Å². The number of phenolic OH excluding ortho intramolecular Hbond substituents is 2. The molecular weight excluding hydrogens is 1110 g/mol. The number of aryl methyl sites for hydroxylation is 3. The molecule has 14 atom stereocenters. The number of benzene rings is 3. The van der Waals surface area contributed by atoms with Crippen LogP contribution in [0.25, 0.3) is 11.0 Å². The van der Waals surface area contributed by atoms with Crippen molar-refractivity contribution in [2.45, 2.75) is 164 Å². The number of fused-ring (bicyclic) bond motifs is 2. The topological polar surface area (TPSA) is 337 Å². The Kier molecular flexibility index (Phi) is 27.2. The molecule has 8 rings (SSSR count). The first-order valence-corrected chi connectivity index (χ1v) is 27.9. The first kappa shape index (κ1) is 70.8. The molecule has 22 nitrogen and oxygen atoms in total. The van der Waals surface area contributed by atoms with Crippen LogP contribution in [0.1, 0.15) is 108 Å². The summed E-state index contributed by atoms with van der Waals surface area (Å²) in [4.78, 5) is 48.0. The highest BCUT2D eigenvalue weighted by Gasteiger charge is 2.47. The highest BCUT2D eigenvalue weighted by Crippen LogP contribution is 2.45. The molecule has 0 aliphatic carbocycles. The minimum absolute atomic E-state index is 0. The lowest BCUT2D eigenvalue weighted by atomic mass is 9.86. The third-order valence-corrected chi connectivity index (χ3v) is 15.1. The van der Waals surface area contributed by atoms with Crippen molar-refractivity contribution >= 4 is 28.7 Å². The van der Waals surface area contributed by atoms with E-state index in [1.807, 2.05) is 51.1 Å². The number of hydrogen-bond acceptors (Lipinski definition) is 22. The van der Waals surface area contributed by atoms with Crippen molar-refractivity contribution in [3.63, 3.8) is 0 Å². The fourth-order valence-corrected chi connectivity index (χ4v) is 9.37. The molecule has 4 aromatic rings. The number of rotatable bonds is 15. The van der Waals surface area contributed by atoms with E-state index in [9.17, 15) is 65.1 Å². The molecule has 1 aromatic heterocycles. The van der Waals surface area contributed by atoms with Gasteiger partial charge in [0.2, 0.25) is 24.1 Å². The SMILES string of the molecule is C.C/C=C1/[C@H](OC2OC(CO)C(O)C(O)C2O)OC=C(C(=O)OC)[C@H]1CC(=O)OCCC.C/C=C1\Oc2c(ccc(OC3OC(CO)C(C)C(O)C3O)c2O)C1=O.CCC(C)C(C)Cc1ccc(C)c(O)c1.Cc1ccc2c(=O)c(C)coc2c1. The normalized spacial score (nSPS) is 26.7. The van der Waals surface area contributed by atoms with Crippen molar-refractivity contribution in [3.8, 4) is 23.0 Å². The Labute approximate surface area is 495 Å². The summed E-state index contributed by atoms with van der Waals surface area (Å²) in [5.41, 5.74) is 5.31. The van der Waals surface area contributed by atoms with Crippen LogP contribution in [0.2, 0.25) is 0 Å². The Morgan fingerprint density at radius 2 is 1.46 bits per heavy atom. The molecular formula is C63H86O22. The van der Waals surface area contributed by atoms with E-state index in [2.05, 4.69) is 26.8 Å². The molecule has 0 spiro atoms. The van der Waals surface area contributed by atoms with Gasteiger partial charge in [0, 0.05) is 23.0 Å². The molecule has 0 amide bonds. The van der Waals surface area contributed by atoms with E-state index in [4.69, 9.17) is 42.3 Å². The number of aliphatic hydroxyl groups excluding tert-OH is 7. The first-order valence-electron chi connectivity index (χ1n) is 27.9. The second-order valence-electron chi connectivity index (χ2n) is 21.1. The molecule has 0 radical (unpaired) electrons. The number of ether oxygens (including phenoxy) is 8. The summed E-state index contributed by atoms with van der Waals surface area (Å²) in [6, 6.07) is 14.4. The number of phenols is 2. The zero-order chi connectivity index (χ0) is 62.3. The van der Waals surface area contributed by atoms with Gasteiger partial charge in [-0.15, -0.1) is 0 Å². The van der Waals surface area contributed by atoms with Crippen molar-refractivity contribution in [2.24, 2.45) is 23.7 Å². The van der Waals surface area contributed by atoms with Crippen molar-refractivity contribution in [1.82, 2.24) is 0 Å². The lowest BCUT2D eigenvalue weighted by Gasteiger charge is -2.41. The van der Waals surface area contributed by atoms with Crippen molar-refractivity contribution in [3.05, 3.63) is 128 Å². The molecule has 5 heterocycles. The van der Waals surface area contributed by atoms with Crippen molar-refractivity contribution in [2.75, 3.05) is 26.9 Å². The van der Waals surface area contributed by atoms with Crippen LogP contribution in [-0.4, -0.2) is 152 Å². The summed E-state index contributed by atoms with van der Waals surface area (Å²) in [6.45, 7) is 18.5. The fourth-order valence-electron chi connectivity index (χ4n) is 9.37. The van der Waals surface area contributed by atoms with Gasteiger partial charge < -0.3 is 88.3 Å². The van der Waals surface area contributed by atoms with Gasteiger partial charge in [0.25, 0.3) is 0 Å². The molecule has 2 saturated heterocycles. The van der Waals surface area contributed by atoms with Crippen LogP contribution in [0.5, 0.6) is 23.0 Å². The third-order valence-electron chi connectivity index (χ3n) is 15.1. The minimum Gasteiger partial charge on any atom is -0.508 e. The van der Waals surface area contributed by atoms with E-state index < -0.39 is 97.7 Å². The summed E-state index contributed by atoms with van der Waals surface area (Å²) >= 11 is 0. The molecule has 2 fully saturated rings. The molecule has 85 heavy (non-hydrogen) atoms. The van der Waals surface area contributed by atoms with Gasteiger partial charge in [-0.1, -0.05) is 72.7 Å². The number of aliphatic hydroxyl groups is 7. The number of methoxy groups -OCH3 is 1.